The molecule has 0 radical (unpaired) electrons. The number of carbonyl (C=O) groups is 4. The van der Waals surface area contributed by atoms with Gasteiger partial charge < -0.3 is 19.3 Å². The third kappa shape index (κ3) is 8.92. The zero-order chi connectivity index (χ0) is 29.7. The van der Waals surface area contributed by atoms with Gasteiger partial charge in [-0.3, -0.25) is 10.1 Å². The van der Waals surface area contributed by atoms with Gasteiger partial charge in [-0.2, -0.15) is 0 Å². The van der Waals surface area contributed by atoms with E-state index >= 15 is 0 Å². The van der Waals surface area contributed by atoms with Crippen LogP contribution in [-0.2, 0) is 30.6 Å². The Hall–Kier alpha value is -3.18. The normalized spacial score (nSPS) is 19.4. The number of hydrogen-bond donors (Lipinski definition) is 1. The minimum atomic E-state index is -0.998. The van der Waals surface area contributed by atoms with Crippen LogP contribution in [0.5, 0.6) is 0 Å². The molecule has 11 heteroatoms. The lowest BCUT2D eigenvalue weighted by molar-refractivity contribution is -0.242. The summed E-state index contributed by atoms with van der Waals surface area (Å²) < 4.78 is 11.0. The highest BCUT2D eigenvalue weighted by Crippen LogP contribution is 2.34. The highest BCUT2D eigenvalue weighted by atomic mass is 17.1. The zero-order valence-corrected chi connectivity index (χ0v) is 24.4. The first-order valence-corrected chi connectivity index (χ1v) is 14.3. The van der Waals surface area contributed by atoms with Crippen LogP contribution < -0.4 is 0 Å². The Morgan fingerprint density at radius 3 is 2.17 bits per heavy atom. The fraction of sp³-hybridized carbons (Fsp3) is 0.655. The average Bonchev–Trinajstić information content (AvgIpc) is 2.97. The lowest BCUT2D eigenvalue weighted by atomic mass is 9.83. The molecule has 4 amide bonds. The minimum absolute atomic E-state index is 0.0442. The molecule has 0 aliphatic carbocycles. The van der Waals surface area contributed by atoms with Crippen LogP contribution in [-0.4, -0.2) is 88.9 Å². The van der Waals surface area contributed by atoms with Crippen molar-refractivity contribution < 1.29 is 38.8 Å². The number of rotatable bonds is 11. The van der Waals surface area contributed by atoms with Crippen LogP contribution in [0.4, 0.5) is 9.59 Å². The molecule has 0 spiro atoms. The second-order valence-corrected chi connectivity index (χ2v) is 10.1. The summed E-state index contributed by atoms with van der Waals surface area (Å²) in [4.78, 5) is 60.0. The van der Waals surface area contributed by atoms with Gasteiger partial charge in [-0.05, 0) is 31.2 Å². The number of benzene rings is 1. The molecule has 1 N–H and O–H groups in total. The smallest absolute Gasteiger partial charge is 0.410 e. The molecule has 40 heavy (non-hydrogen) atoms. The van der Waals surface area contributed by atoms with Gasteiger partial charge in [0.15, 0.2) is 6.04 Å². The Kier molecular flexibility index (Phi) is 13.9. The molecule has 0 saturated carbocycles. The number of amides is 4. The maximum atomic E-state index is 13.3. The summed E-state index contributed by atoms with van der Waals surface area (Å²) >= 11 is 0. The molecular weight excluding hydrogens is 518 g/mol. The van der Waals surface area contributed by atoms with E-state index in [1.807, 2.05) is 65.0 Å². The summed E-state index contributed by atoms with van der Waals surface area (Å²) in [6, 6.07) is 7.64. The monoisotopic (exact) mass is 563 g/mol. The van der Waals surface area contributed by atoms with Crippen LogP contribution in [0.1, 0.15) is 65.9 Å². The Morgan fingerprint density at radius 2 is 1.57 bits per heavy atom. The SMILES string of the molecule is CC.CC(C)C(C)OC(=O)N1CCN(C(=O)N2C(=O)[C@H](CCCCCOO)C2C(=O)OCc2ccccc2)CC1. The van der Waals surface area contributed by atoms with Crippen molar-refractivity contribution >= 4 is 24.0 Å². The standard InChI is InChI=1S/C27H39N3O8.C2H6/c1-19(2)20(3)38-27(34)29-15-13-28(14-16-29)26(33)30-23(22(24(30)31)12-8-5-9-17-37-35)25(32)36-18-21-10-6-4-7-11-21;1-2/h4,6-7,10-11,19-20,22-23,35H,5,8-9,12-18H2,1-3H3;1-2H3/t20?,22-,23?;/m1./s1. The van der Waals surface area contributed by atoms with E-state index in [0.29, 0.717) is 25.7 Å². The molecule has 0 aromatic heterocycles. The molecule has 2 heterocycles. The summed E-state index contributed by atoms with van der Waals surface area (Å²) in [5.41, 5.74) is 0.805. The Balaban J connectivity index is 0.00000274. The van der Waals surface area contributed by atoms with E-state index in [-0.39, 0.29) is 51.4 Å². The number of β-lactam (4-membered cyclic amide) rings is 1. The van der Waals surface area contributed by atoms with Gasteiger partial charge in [-0.25, -0.2) is 24.2 Å². The van der Waals surface area contributed by atoms with Gasteiger partial charge >= 0.3 is 18.1 Å². The Bertz CT molecular complexity index is 950. The number of nitrogens with zero attached hydrogens (tertiary/aromatic N) is 3. The summed E-state index contributed by atoms with van der Waals surface area (Å²) in [6.07, 6.45) is 1.74. The van der Waals surface area contributed by atoms with Crippen molar-refractivity contribution in [2.24, 2.45) is 11.8 Å². The summed E-state index contributed by atoms with van der Waals surface area (Å²) in [5.74, 6) is -1.47. The zero-order valence-electron chi connectivity index (χ0n) is 24.4. The number of piperazine rings is 1. The van der Waals surface area contributed by atoms with Gasteiger partial charge in [0.05, 0.1) is 12.5 Å². The van der Waals surface area contributed by atoms with Crippen LogP contribution in [0, 0.1) is 11.8 Å². The second kappa shape index (κ2) is 16.8. The molecule has 224 valence electrons. The van der Waals surface area contributed by atoms with Crippen LogP contribution in [0.25, 0.3) is 0 Å². The maximum absolute atomic E-state index is 13.3. The van der Waals surface area contributed by atoms with Gasteiger partial charge in [0.25, 0.3) is 0 Å². The number of urea groups is 1. The first-order valence-electron chi connectivity index (χ1n) is 14.3. The highest BCUT2D eigenvalue weighted by molar-refractivity contribution is 6.07. The minimum Gasteiger partial charge on any atom is -0.459 e. The maximum Gasteiger partial charge on any atom is 0.410 e. The van der Waals surface area contributed by atoms with Gasteiger partial charge in [0.1, 0.15) is 12.7 Å². The van der Waals surface area contributed by atoms with E-state index in [2.05, 4.69) is 4.89 Å². The topological polar surface area (TPSA) is 126 Å². The molecule has 0 bridgehead atoms. The molecule has 3 rings (SSSR count). The molecule has 11 nitrogen and oxygen atoms in total. The number of esters is 1. The van der Waals surface area contributed by atoms with E-state index in [0.717, 1.165) is 10.5 Å². The first kappa shape index (κ1) is 33.0. The van der Waals surface area contributed by atoms with E-state index in [1.165, 1.54) is 4.90 Å². The van der Waals surface area contributed by atoms with E-state index < -0.39 is 36.0 Å². The van der Waals surface area contributed by atoms with Gasteiger partial charge in [0, 0.05) is 26.2 Å². The van der Waals surface area contributed by atoms with Gasteiger partial charge in [-0.1, -0.05) is 70.9 Å². The van der Waals surface area contributed by atoms with Crippen LogP contribution in [0.3, 0.4) is 0 Å². The molecule has 2 saturated heterocycles. The van der Waals surface area contributed by atoms with E-state index in [1.54, 1.807) is 4.90 Å². The van der Waals surface area contributed by atoms with Crippen molar-refractivity contribution in [2.45, 2.75) is 79.1 Å². The number of ether oxygens (including phenoxy) is 2. The summed E-state index contributed by atoms with van der Waals surface area (Å²) in [5, 5.41) is 8.48. The lowest BCUT2D eigenvalue weighted by Crippen LogP contribution is -2.69. The number of likely N-dealkylation sites (tertiary alicyclic amines) is 1. The van der Waals surface area contributed by atoms with Crippen molar-refractivity contribution in [2.75, 3.05) is 32.8 Å². The largest absolute Gasteiger partial charge is 0.459 e. The summed E-state index contributed by atoms with van der Waals surface area (Å²) in [7, 11) is 0. The number of carbonyl (C=O) groups excluding carboxylic acids is 4. The third-order valence-corrected chi connectivity index (χ3v) is 7.17. The van der Waals surface area contributed by atoms with Crippen molar-refractivity contribution in [1.82, 2.24) is 14.7 Å². The second-order valence-electron chi connectivity index (χ2n) is 10.1. The molecular formula is C29H45N3O8. The number of hydrogen-bond acceptors (Lipinski definition) is 8. The fourth-order valence-electron chi connectivity index (χ4n) is 4.44. The van der Waals surface area contributed by atoms with Crippen molar-refractivity contribution in [1.29, 1.82) is 0 Å². The lowest BCUT2D eigenvalue weighted by Gasteiger charge is -2.46. The Morgan fingerprint density at radius 1 is 0.950 bits per heavy atom. The Labute approximate surface area is 237 Å². The number of imide groups is 1. The van der Waals surface area contributed by atoms with Crippen LogP contribution in [0.15, 0.2) is 30.3 Å². The van der Waals surface area contributed by atoms with Crippen molar-refractivity contribution in [3.8, 4) is 0 Å². The van der Waals surface area contributed by atoms with Crippen LogP contribution >= 0.6 is 0 Å². The third-order valence-electron chi connectivity index (χ3n) is 7.17. The fourth-order valence-corrected chi connectivity index (χ4v) is 4.44. The van der Waals surface area contributed by atoms with Crippen LogP contribution in [0.2, 0.25) is 0 Å². The van der Waals surface area contributed by atoms with E-state index in [4.69, 9.17) is 14.7 Å². The molecule has 2 fully saturated rings. The molecule has 1 aromatic rings. The molecule has 2 aliphatic heterocycles. The predicted molar refractivity (Wildman–Crippen MR) is 148 cm³/mol. The van der Waals surface area contributed by atoms with Crippen molar-refractivity contribution in [3.63, 3.8) is 0 Å². The molecule has 2 unspecified atom stereocenters. The molecule has 1 aromatic carbocycles. The predicted octanol–water partition coefficient (Wildman–Crippen LogP) is 4.55. The first-order chi connectivity index (χ1) is 19.2. The number of unbranched alkanes of at least 4 members (excludes halogenated alkanes) is 2. The molecule has 2 aliphatic rings. The highest BCUT2D eigenvalue weighted by Gasteiger charge is 2.56. The summed E-state index contributed by atoms with van der Waals surface area (Å²) in [6.45, 7) is 11.0. The average molecular weight is 564 g/mol. The molecule has 3 atom stereocenters. The van der Waals surface area contributed by atoms with Crippen molar-refractivity contribution in [3.05, 3.63) is 35.9 Å². The quantitative estimate of drug-likeness (QED) is 0.137. The van der Waals surface area contributed by atoms with Gasteiger partial charge in [-0.15, -0.1) is 0 Å². The van der Waals surface area contributed by atoms with Gasteiger partial charge in [0.2, 0.25) is 5.91 Å². The van der Waals surface area contributed by atoms with E-state index in [9.17, 15) is 19.2 Å².